The minimum atomic E-state index is -1.37. The van der Waals surface area contributed by atoms with Crippen LogP contribution in [0.15, 0.2) is 35.1 Å². The quantitative estimate of drug-likeness (QED) is 0.270. The van der Waals surface area contributed by atoms with Gasteiger partial charge in [-0.25, -0.2) is 9.78 Å². The molecule has 37 heavy (non-hydrogen) atoms. The third-order valence-corrected chi connectivity index (χ3v) is 7.77. The molecular weight excluding hydrogens is 490 g/mol. The number of nitrogens with zero attached hydrogens (tertiary/aromatic N) is 3. The van der Waals surface area contributed by atoms with Gasteiger partial charge in [-0.15, -0.1) is 11.8 Å². The van der Waals surface area contributed by atoms with Crippen LogP contribution >= 0.6 is 11.8 Å². The number of ether oxygens (including phenoxy) is 2. The molecule has 8 nitrogen and oxygen atoms in total. The fraction of sp³-hybridized carbons (Fsp3) is 0.429. The van der Waals surface area contributed by atoms with Gasteiger partial charge in [0, 0.05) is 36.0 Å². The van der Waals surface area contributed by atoms with Gasteiger partial charge in [-0.1, -0.05) is 18.2 Å². The van der Waals surface area contributed by atoms with Crippen molar-refractivity contribution in [2.24, 2.45) is 0 Å². The van der Waals surface area contributed by atoms with Gasteiger partial charge < -0.3 is 18.9 Å². The smallest absolute Gasteiger partial charge is 0.343 e. The first-order valence-electron chi connectivity index (χ1n) is 12.4. The lowest BCUT2D eigenvalue weighted by atomic mass is 9.89. The van der Waals surface area contributed by atoms with E-state index < -0.39 is 11.6 Å². The van der Waals surface area contributed by atoms with Crippen molar-refractivity contribution in [2.75, 3.05) is 18.7 Å². The van der Waals surface area contributed by atoms with Gasteiger partial charge in [-0.2, -0.15) is 0 Å². The van der Waals surface area contributed by atoms with Crippen molar-refractivity contribution >= 4 is 34.5 Å². The Morgan fingerprint density at radius 1 is 1.27 bits per heavy atom. The van der Waals surface area contributed by atoms with Crippen molar-refractivity contribution in [3.8, 4) is 11.4 Å². The van der Waals surface area contributed by atoms with Crippen LogP contribution < -0.4 is 5.56 Å². The predicted molar refractivity (Wildman–Crippen MR) is 143 cm³/mol. The van der Waals surface area contributed by atoms with Gasteiger partial charge in [0.25, 0.3) is 5.56 Å². The highest BCUT2D eigenvalue weighted by Gasteiger charge is 2.45. The molecule has 2 aliphatic rings. The van der Waals surface area contributed by atoms with Gasteiger partial charge in [-0.3, -0.25) is 9.59 Å². The normalized spacial score (nSPS) is 17.9. The summed E-state index contributed by atoms with van der Waals surface area (Å²) in [6, 6.07) is 9.90. The van der Waals surface area contributed by atoms with Crippen LogP contribution in [-0.4, -0.2) is 51.1 Å². The first-order valence-corrected chi connectivity index (χ1v) is 13.8. The number of fused-ring (bicyclic) bond motifs is 5. The van der Waals surface area contributed by atoms with Crippen LogP contribution in [0.4, 0.5) is 0 Å². The van der Waals surface area contributed by atoms with E-state index >= 15 is 0 Å². The highest BCUT2D eigenvalue weighted by molar-refractivity contribution is 7.98. The number of thioether (sulfide) groups is 1. The molecule has 1 amide bonds. The number of para-hydroxylation sites is 1. The topological polar surface area (TPSA) is 90.7 Å². The molecule has 194 valence electrons. The summed E-state index contributed by atoms with van der Waals surface area (Å²) in [5.41, 5.74) is 3.72. The van der Waals surface area contributed by atoms with Gasteiger partial charge in [0.1, 0.15) is 6.61 Å². The van der Waals surface area contributed by atoms with E-state index in [4.69, 9.17) is 14.5 Å². The number of hydrogen-bond acceptors (Lipinski definition) is 7. The third kappa shape index (κ3) is 4.14. The van der Waals surface area contributed by atoms with Crippen LogP contribution in [0.2, 0.25) is 0 Å². The highest BCUT2D eigenvalue weighted by atomic mass is 32.2. The van der Waals surface area contributed by atoms with E-state index in [2.05, 4.69) is 0 Å². The standard InChI is InChI=1S/C28H31N3O5S/c1-16(2)30(17(3)32)11-10-18-19-8-6-7-9-23(19)29-25-20(18)13-31-24(25)12-22-21(26(31)33)14-35-27(34)28(22,4)36-15-37-5/h6-9,12,16H,10-11,13-15H2,1-5H3. The fourth-order valence-electron chi connectivity index (χ4n) is 5.46. The molecular formula is C28H31N3O5S. The third-order valence-electron chi connectivity index (χ3n) is 7.42. The molecule has 0 spiro atoms. The number of amides is 1. The molecule has 0 saturated heterocycles. The van der Waals surface area contributed by atoms with E-state index in [-0.39, 0.29) is 30.1 Å². The molecule has 0 saturated carbocycles. The van der Waals surface area contributed by atoms with E-state index in [1.54, 1.807) is 18.4 Å². The molecule has 2 aliphatic heterocycles. The lowest BCUT2D eigenvalue weighted by molar-refractivity contribution is -0.174. The molecule has 2 aromatic heterocycles. The summed E-state index contributed by atoms with van der Waals surface area (Å²) in [6.07, 6.45) is 2.52. The van der Waals surface area contributed by atoms with E-state index in [9.17, 15) is 14.4 Å². The number of aromatic nitrogens is 2. The Hall–Kier alpha value is -3.17. The van der Waals surface area contributed by atoms with E-state index in [0.717, 1.165) is 27.7 Å². The van der Waals surface area contributed by atoms with E-state index in [1.165, 1.54) is 11.8 Å². The molecule has 0 aliphatic carbocycles. The maximum absolute atomic E-state index is 13.7. The maximum Gasteiger partial charge on any atom is 0.343 e. The summed E-state index contributed by atoms with van der Waals surface area (Å²) in [7, 11) is 0. The Kier molecular flexibility index (Phi) is 6.62. The largest absolute Gasteiger partial charge is 0.458 e. The molecule has 0 bridgehead atoms. The highest BCUT2D eigenvalue weighted by Crippen LogP contribution is 2.40. The Labute approximate surface area is 220 Å². The summed E-state index contributed by atoms with van der Waals surface area (Å²) < 4.78 is 13.1. The zero-order valence-electron chi connectivity index (χ0n) is 21.8. The monoisotopic (exact) mass is 521 g/mol. The second kappa shape index (κ2) is 9.61. The second-order valence-corrected chi connectivity index (χ2v) is 10.8. The summed E-state index contributed by atoms with van der Waals surface area (Å²) in [5.74, 6) is -0.177. The van der Waals surface area contributed by atoms with Crippen molar-refractivity contribution in [2.45, 2.75) is 58.9 Å². The lowest BCUT2D eigenvalue weighted by Gasteiger charge is -2.33. The van der Waals surface area contributed by atoms with Gasteiger partial charge in [0.05, 0.1) is 35.0 Å². The molecule has 1 atom stereocenters. The van der Waals surface area contributed by atoms with Crippen LogP contribution in [0.5, 0.6) is 0 Å². The minimum Gasteiger partial charge on any atom is -0.458 e. The molecule has 1 aromatic carbocycles. The molecule has 0 N–H and O–H groups in total. The first-order chi connectivity index (χ1) is 17.7. The Morgan fingerprint density at radius 2 is 2.03 bits per heavy atom. The number of hydrogen-bond donors (Lipinski definition) is 0. The van der Waals surface area contributed by atoms with Gasteiger partial charge in [0.15, 0.2) is 5.60 Å². The molecule has 3 aromatic rings. The molecule has 0 fully saturated rings. The van der Waals surface area contributed by atoms with Gasteiger partial charge >= 0.3 is 5.97 Å². The minimum absolute atomic E-state index is 0.0337. The molecule has 1 unspecified atom stereocenters. The lowest BCUT2D eigenvalue weighted by Crippen LogP contribution is -2.44. The van der Waals surface area contributed by atoms with Crippen LogP contribution in [-0.2, 0) is 44.2 Å². The Morgan fingerprint density at radius 3 is 2.73 bits per heavy atom. The summed E-state index contributed by atoms with van der Waals surface area (Å²) in [5, 5.41) is 1.02. The zero-order chi connectivity index (χ0) is 26.5. The number of cyclic esters (lactones) is 1. The van der Waals surface area contributed by atoms with Crippen molar-refractivity contribution in [1.29, 1.82) is 0 Å². The van der Waals surface area contributed by atoms with Crippen LogP contribution in [0.3, 0.4) is 0 Å². The van der Waals surface area contributed by atoms with Crippen molar-refractivity contribution in [1.82, 2.24) is 14.5 Å². The molecule has 0 radical (unpaired) electrons. The van der Waals surface area contributed by atoms with Crippen molar-refractivity contribution < 1.29 is 19.1 Å². The number of rotatable bonds is 7. The van der Waals surface area contributed by atoms with Crippen molar-refractivity contribution in [3.63, 3.8) is 0 Å². The summed E-state index contributed by atoms with van der Waals surface area (Å²) >= 11 is 1.45. The zero-order valence-corrected chi connectivity index (χ0v) is 22.6. The number of pyridine rings is 2. The van der Waals surface area contributed by atoms with Crippen LogP contribution in [0.1, 0.15) is 49.9 Å². The Bertz CT molecular complexity index is 1480. The number of carbonyl (C=O) groups excluding carboxylic acids is 2. The molecule has 4 heterocycles. The maximum atomic E-state index is 13.7. The fourth-order valence-corrected chi connectivity index (χ4v) is 5.82. The molecule has 9 heteroatoms. The van der Waals surface area contributed by atoms with E-state index in [1.807, 2.05) is 55.3 Å². The van der Waals surface area contributed by atoms with Crippen LogP contribution in [0.25, 0.3) is 22.3 Å². The van der Waals surface area contributed by atoms with E-state index in [0.29, 0.717) is 36.3 Å². The average Bonchev–Trinajstić information content (AvgIpc) is 3.23. The number of carbonyl (C=O) groups is 2. The van der Waals surface area contributed by atoms with Gasteiger partial charge in [0.2, 0.25) is 5.91 Å². The summed E-state index contributed by atoms with van der Waals surface area (Å²) in [6.45, 7) is 8.14. The SMILES string of the molecule is CSCOC1(C)C(=O)OCc2c1cc1n(c2=O)Cc2c-1nc1ccccc1c2CCN(C(C)=O)C(C)C. The van der Waals surface area contributed by atoms with Crippen molar-refractivity contribution in [3.05, 3.63) is 62.9 Å². The number of benzene rings is 1. The van der Waals surface area contributed by atoms with Crippen LogP contribution in [0, 0.1) is 0 Å². The predicted octanol–water partition coefficient (Wildman–Crippen LogP) is 3.83. The second-order valence-electron chi connectivity index (χ2n) is 9.96. The average molecular weight is 522 g/mol. The number of esters is 1. The van der Waals surface area contributed by atoms with Gasteiger partial charge in [-0.05, 0) is 51.1 Å². The Balaban J connectivity index is 1.68. The summed E-state index contributed by atoms with van der Waals surface area (Å²) in [4.78, 5) is 45.6. The first kappa shape index (κ1) is 25.5. The molecule has 5 rings (SSSR count).